The summed E-state index contributed by atoms with van der Waals surface area (Å²) in [7, 11) is 0. The van der Waals surface area contributed by atoms with Gasteiger partial charge in [0, 0.05) is 11.2 Å². The van der Waals surface area contributed by atoms with Gasteiger partial charge < -0.3 is 5.32 Å². The fourth-order valence-electron chi connectivity index (χ4n) is 2.33. The Morgan fingerprint density at radius 1 is 1.26 bits per heavy atom. The minimum Gasteiger partial charge on any atom is -0.348 e. The standard InChI is InChI=1S/C16H15ClN4O2/c1-11(12-5-7-13(17)8-6-12)18-15(22)10-21-16(23)20-9-3-2-4-14(20)19-21/h2-9,11H,10H2,1H3,(H,18,22). The average molecular weight is 331 g/mol. The lowest BCUT2D eigenvalue weighted by atomic mass is 10.1. The van der Waals surface area contributed by atoms with Gasteiger partial charge in [-0.3, -0.25) is 9.20 Å². The second kappa shape index (κ2) is 6.26. The highest BCUT2D eigenvalue weighted by atomic mass is 35.5. The van der Waals surface area contributed by atoms with Crippen molar-refractivity contribution in [3.8, 4) is 0 Å². The molecule has 0 saturated carbocycles. The van der Waals surface area contributed by atoms with E-state index in [0.29, 0.717) is 10.7 Å². The van der Waals surface area contributed by atoms with E-state index in [2.05, 4.69) is 10.4 Å². The quantitative estimate of drug-likeness (QED) is 0.795. The zero-order valence-corrected chi connectivity index (χ0v) is 13.2. The Labute approximate surface area is 137 Å². The fourth-order valence-corrected chi connectivity index (χ4v) is 2.46. The summed E-state index contributed by atoms with van der Waals surface area (Å²) >= 11 is 5.85. The van der Waals surface area contributed by atoms with Crippen molar-refractivity contribution in [3.05, 3.63) is 69.7 Å². The molecule has 2 heterocycles. The van der Waals surface area contributed by atoms with Crippen molar-refractivity contribution in [3.63, 3.8) is 0 Å². The summed E-state index contributed by atoms with van der Waals surface area (Å²) in [6.45, 7) is 1.74. The molecule has 0 radical (unpaired) electrons. The molecule has 0 aliphatic rings. The summed E-state index contributed by atoms with van der Waals surface area (Å²) in [5.74, 6) is -0.280. The van der Waals surface area contributed by atoms with Crippen LogP contribution in [0.5, 0.6) is 0 Å². The van der Waals surface area contributed by atoms with Gasteiger partial charge in [0.25, 0.3) is 0 Å². The third-order valence-corrected chi connectivity index (χ3v) is 3.78. The Kier molecular flexibility index (Phi) is 4.16. The SMILES string of the molecule is CC(NC(=O)Cn1nc2ccccn2c1=O)c1ccc(Cl)cc1. The summed E-state index contributed by atoms with van der Waals surface area (Å²) < 4.78 is 2.55. The highest BCUT2D eigenvalue weighted by molar-refractivity contribution is 6.30. The first kappa shape index (κ1) is 15.3. The number of rotatable bonds is 4. The van der Waals surface area contributed by atoms with Gasteiger partial charge in [-0.05, 0) is 36.8 Å². The van der Waals surface area contributed by atoms with E-state index in [1.807, 2.05) is 19.1 Å². The first-order valence-electron chi connectivity index (χ1n) is 7.13. The van der Waals surface area contributed by atoms with Crippen molar-refractivity contribution in [1.29, 1.82) is 0 Å². The maximum Gasteiger partial charge on any atom is 0.350 e. The summed E-state index contributed by atoms with van der Waals surface area (Å²) in [6.07, 6.45) is 1.62. The van der Waals surface area contributed by atoms with E-state index in [1.165, 1.54) is 4.40 Å². The smallest absolute Gasteiger partial charge is 0.348 e. The lowest BCUT2D eigenvalue weighted by Crippen LogP contribution is -2.34. The molecule has 0 fully saturated rings. The number of hydrogen-bond acceptors (Lipinski definition) is 3. The van der Waals surface area contributed by atoms with Crippen LogP contribution in [-0.2, 0) is 11.3 Å². The number of aromatic nitrogens is 3. The van der Waals surface area contributed by atoms with Crippen molar-refractivity contribution < 1.29 is 4.79 Å². The van der Waals surface area contributed by atoms with Crippen molar-refractivity contribution in [2.45, 2.75) is 19.5 Å². The molecule has 23 heavy (non-hydrogen) atoms. The van der Waals surface area contributed by atoms with Crippen LogP contribution < -0.4 is 11.0 Å². The minimum absolute atomic E-state index is 0.127. The van der Waals surface area contributed by atoms with Gasteiger partial charge in [0.1, 0.15) is 6.54 Å². The molecule has 3 rings (SSSR count). The molecule has 2 aromatic heterocycles. The topological polar surface area (TPSA) is 68.4 Å². The zero-order chi connectivity index (χ0) is 16.4. The molecule has 0 spiro atoms. The zero-order valence-electron chi connectivity index (χ0n) is 12.4. The molecule has 0 saturated heterocycles. The van der Waals surface area contributed by atoms with Crippen LogP contribution in [0.3, 0.4) is 0 Å². The normalized spacial score (nSPS) is 12.3. The lowest BCUT2D eigenvalue weighted by molar-refractivity contribution is -0.122. The Balaban J connectivity index is 1.72. The van der Waals surface area contributed by atoms with Crippen molar-refractivity contribution in [1.82, 2.24) is 19.5 Å². The molecule has 118 valence electrons. The molecular formula is C16H15ClN4O2. The molecule has 3 aromatic rings. The van der Waals surface area contributed by atoms with Gasteiger partial charge in [0.15, 0.2) is 5.65 Å². The number of hydrogen-bond donors (Lipinski definition) is 1. The number of carbonyl (C=O) groups is 1. The highest BCUT2D eigenvalue weighted by Gasteiger charge is 2.13. The van der Waals surface area contributed by atoms with E-state index >= 15 is 0 Å². The third kappa shape index (κ3) is 3.27. The molecule has 0 aliphatic heterocycles. The fraction of sp³-hybridized carbons (Fsp3) is 0.188. The van der Waals surface area contributed by atoms with Gasteiger partial charge in [0.2, 0.25) is 5.91 Å². The first-order chi connectivity index (χ1) is 11.0. The Morgan fingerprint density at radius 3 is 2.70 bits per heavy atom. The maximum absolute atomic E-state index is 12.1. The van der Waals surface area contributed by atoms with Crippen LogP contribution in [-0.4, -0.2) is 20.1 Å². The van der Waals surface area contributed by atoms with E-state index in [9.17, 15) is 9.59 Å². The predicted octanol–water partition coefficient (Wildman–Crippen LogP) is 2.03. The second-order valence-corrected chi connectivity index (χ2v) is 5.65. The molecule has 7 heteroatoms. The van der Waals surface area contributed by atoms with Crippen molar-refractivity contribution >= 4 is 23.2 Å². The van der Waals surface area contributed by atoms with Gasteiger partial charge in [0.05, 0.1) is 6.04 Å². The highest BCUT2D eigenvalue weighted by Crippen LogP contribution is 2.15. The number of fused-ring (bicyclic) bond motifs is 1. The third-order valence-electron chi connectivity index (χ3n) is 3.53. The van der Waals surface area contributed by atoms with Crippen molar-refractivity contribution in [2.24, 2.45) is 0 Å². The number of nitrogens with one attached hydrogen (secondary N) is 1. The largest absolute Gasteiger partial charge is 0.350 e. The number of amides is 1. The van der Waals surface area contributed by atoms with Crippen LogP contribution in [0, 0.1) is 0 Å². The monoisotopic (exact) mass is 330 g/mol. The molecular weight excluding hydrogens is 316 g/mol. The summed E-state index contributed by atoms with van der Waals surface area (Å²) in [5, 5.41) is 7.62. The maximum atomic E-state index is 12.1. The first-order valence-corrected chi connectivity index (χ1v) is 7.51. The van der Waals surface area contributed by atoms with Crippen LogP contribution in [0.1, 0.15) is 18.5 Å². The van der Waals surface area contributed by atoms with Crippen molar-refractivity contribution in [2.75, 3.05) is 0 Å². The summed E-state index contributed by atoms with van der Waals surface area (Å²) in [5.41, 5.74) is 1.11. The van der Waals surface area contributed by atoms with Crippen LogP contribution in [0.4, 0.5) is 0 Å². The molecule has 1 atom stereocenters. The average Bonchev–Trinajstić information content (AvgIpc) is 2.84. The van der Waals surface area contributed by atoms with E-state index < -0.39 is 0 Å². The van der Waals surface area contributed by atoms with Gasteiger partial charge in [-0.2, -0.15) is 0 Å². The van der Waals surface area contributed by atoms with E-state index in [1.54, 1.807) is 36.5 Å². The van der Waals surface area contributed by atoms with Gasteiger partial charge in [-0.25, -0.2) is 9.48 Å². The molecule has 1 amide bonds. The van der Waals surface area contributed by atoms with Crippen LogP contribution >= 0.6 is 11.6 Å². The predicted molar refractivity (Wildman–Crippen MR) is 87.5 cm³/mol. The summed E-state index contributed by atoms with van der Waals surface area (Å²) in [6, 6.07) is 12.3. The molecule has 0 aliphatic carbocycles. The Bertz CT molecular complexity index is 898. The molecule has 1 N–H and O–H groups in total. The van der Waals surface area contributed by atoms with Crippen LogP contribution in [0.25, 0.3) is 5.65 Å². The van der Waals surface area contributed by atoms with E-state index in [-0.39, 0.29) is 24.2 Å². The number of carbonyl (C=O) groups excluding carboxylic acids is 1. The van der Waals surface area contributed by atoms with E-state index in [4.69, 9.17) is 11.6 Å². The molecule has 1 unspecified atom stereocenters. The number of nitrogens with zero attached hydrogens (tertiary/aromatic N) is 3. The van der Waals surface area contributed by atoms with Gasteiger partial charge >= 0.3 is 5.69 Å². The van der Waals surface area contributed by atoms with Gasteiger partial charge in [-0.15, -0.1) is 5.10 Å². The number of halogens is 1. The van der Waals surface area contributed by atoms with Gasteiger partial charge in [-0.1, -0.05) is 29.8 Å². The van der Waals surface area contributed by atoms with Crippen LogP contribution in [0.15, 0.2) is 53.5 Å². The van der Waals surface area contributed by atoms with E-state index in [0.717, 1.165) is 10.2 Å². The molecule has 6 nitrogen and oxygen atoms in total. The minimum atomic E-state index is -0.338. The Morgan fingerprint density at radius 2 is 2.00 bits per heavy atom. The van der Waals surface area contributed by atoms with Crippen LogP contribution in [0.2, 0.25) is 5.02 Å². The Hall–Kier alpha value is -2.60. The number of pyridine rings is 1. The summed E-state index contributed by atoms with van der Waals surface area (Å²) in [4.78, 5) is 24.3. The number of benzene rings is 1. The lowest BCUT2D eigenvalue weighted by Gasteiger charge is -2.14. The second-order valence-electron chi connectivity index (χ2n) is 5.21. The molecule has 1 aromatic carbocycles. The molecule has 0 bridgehead atoms.